The highest BCUT2D eigenvalue weighted by atomic mass is 35.5. The van der Waals surface area contributed by atoms with Crippen molar-refractivity contribution >= 4 is 17.3 Å². The molecule has 0 aliphatic carbocycles. The van der Waals surface area contributed by atoms with Crippen molar-refractivity contribution in [1.29, 1.82) is 0 Å². The molecule has 0 atom stereocenters. The molecule has 0 amide bonds. The highest BCUT2D eigenvalue weighted by molar-refractivity contribution is 6.31. The van der Waals surface area contributed by atoms with Crippen molar-refractivity contribution in [2.75, 3.05) is 18.5 Å². The van der Waals surface area contributed by atoms with Gasteiger partial charge in [-0.05, 0) is 38.1 Å². The predicted octanol–water partition coefficient (Wildman–Crippen LogP) is 3.09. The maximum absolute atomic E-state index is 6.11. The lowest BCUT2D eigenvalue weighted by atomic mass is 10.2. The fourth-order valence-corrected chi connectivity index (χ4v) is 2.40. The Kier molecular flexibility index (Phi) is 3.89. The van der Waals surface area contributed by atoms with E-state index < -0.39 is 5.79 Å². The number of benzene rings is 1. The molecule has 0 bridgehead atoms. The van der Waals surface area contributed by atoms with Crippen molar-refractivity contribution in [2.45, 2.75) is 25.7 Å². The molecule has 2 heterocycles. The maximum atomic E-state index is 6.11. The van der Waals surface area contributed by atoms with E-state index in [9.17, 15) is 0 Å². The van der Waals surface area contributed by atoms with Crippen LogP contribution in [-0.4, -0.2) is 34.8 Å². The Bertz CT molecular complexity index is 603. The molecule has 0 saturated carbocycles. The van der Waals surface area contributed by atoms with Crippen LogP contribution in [0.3, 0.4) is 0 Å². The predicted molar refractivity (Wildman–Crippen MR) is 82.0 cm³/mol. The number of nitrogens with one attached hydrogen (secondary N) is 1. The smallest absolute Gasteiger partial charge is 0.162 e. The Balaban J connectivity index is 1.80. The average molecular weight is 308 g/mol. The summed E-state index contributed by atoms with van der Waals surface area (Å²) in [6, 6.07) is 7.63. The van der Waals surface area contributed by atoms with Crippen LogP contribution < -0.4 is 5.32 Å². The maximum Gasteiger partial charge on any atom is 0.162 e. The van der Waals surface area contributed by atoms with E-state index in [4.69, 9.17) is 21.1 Å². The number of nitrogens with zero attached hydrogens (tertiary/aromatic N) is 2. The SMILES string of the molecule is CC1(C)OCC(Nc2cc(Cl)ccc2-n2cccn2)CO1. The molecule has 3 rings (SSSR count). The van der Waals surface area contributed by atoms with Crippen molar-refractivity contribution in [2.24, 2.45) is 0 Å². The van der Waals surface area contributed by atoms with Crippen LogP contribution in [0.15, 0.2) is 36.7 Å². The largest absolute Gasteiger partial charge is 0.376 e. The number of anilines is 1. The van der Waals surface area contributed by atoms with Gasteiger partial charge in [0.25, 0.3) is 0 Å². The van der Waals surface area contributed by atoms with Crippen LogP contribution in [0, 0.1) is 0 Å². The lowest BCUT2D eigenvalue weighted by Crippen LogP contribution is -2.45. The van der Waals surface area contributed by atoms with E-state index >= 15 is 0 Å². The fraction of sp³-hybridized carbons (Fsp3) is 0.400. The van der Waals surface area contributed by atoms with Gasteiger partial charge < -0.3 is 14.8 Å². The Morgan fingerprint density at radius 2 is 2.10 bits per heavy atom. The highest BCUT2D eigenvalue weighted by Crippen LogP contribution is 2.26. The summed E-state index contributed by atoms with van der Waals surface area (Å²) in [6.45, 7) is 4.99. The van der Waals surface area contributed by atoms with Gasteiger partial charge in [-0.3, -0.25) is 0 Å². The first-order valence-corrected chi connectivity index (χ1v) is 7.25. The molecule has 5 nitrogen and oxygen atoms in total. The fourth-order valence-electron chi connectivity index (χ4n) is 2.23. The molecule has 112 valence electrons. The van der Waals surface area contributed by atoms with E-state index in [0.29, 0.717) is 18.2 Å². The van der Waals surface area contributed by atoms with Crippen molar-refractivity contribution in [3.05, 3.63) is 41.7 Å². The number of rotatable bonds is 3. The van der Waals surface area contributed by atoms with Gasteiger partial charge in [0.15, 0.2) is 5.79 Å². The standard InChI is InChI=1S/C15H18ClN3O2/c1-15(2)20-9-12(10-21-15)18-13-8-11(16)4-5-14(13)19-7-3-6-17-19/h3-8,12,18H,9-10H2,1-2H3. The first kappa shape index (κ1) is 14.4. The van der Waals surface area contributed by atoms with Gasteiger partial charge in [-0.2, -0.15) is 5.10 Å². The van der Waals surface area contributed by atoms with Gasteiger partial charge in [0.05, 0.1) is 30.6 Å². The summed E-state index contributed by atoms with van der Waals surface area (Å²) in [4.78, 5) is 0. The van der Waals surface area contributed by atoms with E-state index in [0.717, 1.165) is 11.4 Å². The number of hydrogen-bond donors (Lipinski definition) is 1. The molecule has 1 N–H and O–H groups in total. The summed E-state index contributed by atoms with van der Waals surface area (Å²) in [6.07, 6.45) is 3.64. The van der Waals surface area contributed by atoms with Gasteiger partial charge in [0, 0.05) is 17.4 Å². The Hall–Kier alpha value is -1.56. The molecule has 21 heavy (non-hydrogen) atoms. The second-order valence-corrected chi connectivity index (χ2v) is 5.91. The molecule has 2 aromatic rings. The lowest BCUT2D eigenvalue weighted by molar-refractivity contribution is -0.247. The number of aromatic nitrogens is 2. The van der Waals surface area contributed by atoms with E-state index in [1.165, 1.54) is 0 Å². The Morgan fingerprint density at radius 3 is 2.76 bits per heavy atom. The molecule has 0 spiro atoms. The van der Waals surface area contributed by atoms with Crippen LogP contribution in [0.25, 0.3) is 5.69 Å². The topological polar surface area (TPSA) is 48.3 Å². The second-order valence-electron chi connectivity index (χ2n) is 5.48. The van der Waals surface area contributed by atoms with Gasteiger partial charge >= 0.3 is 0 Å². The zero-order valence-electron chi connectivity index (χ0n) is 12.0. The van der Waals surface area contributed by atoms with Crippen LogP contribution in [0.4, 0.5) is 5.69 Å². The minimum atomic E-state index is -0.517. The lowest BCUT2D eigenvalue weighted by Gasteiger charge is -2.35. The molecule has 0 radical (unpaired) electrons. The van der Waals surface area contributed by atoms with E-state index in [1.54, 1.807) is 10.9 Å². The highest BCUT2D eigenvalue weighted by Gasteiger charge is 2.28. The van der Waals surface area contributed by atoms with Crippen molar-refractivity contribution in [3.8, 4) is 5.69 Å². The molecular weight excluding hydrogens is 290 g/mol. The number of halogens is 1. The molecule has 0 unspecified atom stereocenters. The van der Waals surface area contributed by atoms with Gasteiger partial charge in [0.2, 0.25) is 0 Å². The molecule has 1 aromatic heterocycles. The van der Waals surface area contributed by atoms with Gasteiger partial charge in [0.1, 0.15) is 0 Å². The second kappa shape index (κ2) is 5.67. The first-order valence-electron chi connectivity index (χ1n) is 6.87. The summed E-state index contributed by atoms with van der Waals surface area (Å²) in [5.41, 5.74) is 1.84. The van der Waals surface area contributed by atoms with Crippen LogP contribution in [0.2, 0.25) is 5.02 Å². The van der Waals surface area contributed by atoms with Crippen molar-refractivity contribution < 1.29 is 9.47 Å². The number of hydrogen-bond acceptors (Lipinski definition) is 4. The number of ether oxygens (including phenoxy) is 2. The molecule has 1 saturated heterocycles. The van der Waals surface area contributed by atoms with E-state index in [2.05, 4.69) is 10.4 Å². The first-order chi connectivity index (χ1) is 10.0. The summed E-state index contributed by atoms with van der Waals surface area (Å²) < 4.78 is 13.1. The molecule has 1 aromatic carbocycles. The molecule has 1 aliphatic heterocycles. The Morgan fingerprint density at radius 1 is 1.33 bits per heavy atom. The van der Waals surface area contributed by atoms with Crippen LogP contribution in [-0.2, 0) is 9.47 Å². The minimum Gasteiger partial charge on any atom is -0.376 e. The summed E-state index contributed by atoms with van der Waals surface area (Å²) in [5, 5.41) is 8.36. The third-order valence-electron chi connectivity index (χ3n) is 3.33. The van der Waals surface area contributed by atoms with Crippen molar-refractivity contribution in [3.63, 3.8) is 0 Å². The van der Waals surface area contributed by atoms with Crippen LogP contribution in [0.5, 0.6) is 0 Å². The van der Waals surface area contributed by atoms with Crippen LogP contribution >= 0.6 is 11.6 Å². The zero-order valence-corrected chi connectivity index (χ0v) is 12.8. The summed E-state index contributed by atoms with van der Waals surface area (Å²) in [5.74, 6) is -0.517. The molecular formula is C15H18ClN3O2. The molecule has 1 fully saturated rings. The van der Waals surface area contributed by atoms with Crippen molar-refractivity contribution in [1.82, 2.24) is 9.78 Å². The third kappa shape index (κ3) is 3.37. The average Bonchev–Trinajstić information content (AvgIpc) is 2.95. The summed E-state index contributed by atoms with van der Waals surface area (Å²) in [7, 11) is 0. The minimum absolute atomic E-state index is 0.0748. The van der Waals surface area contributed by atoms with Gasteiger partial charge in [-0.25, -0.2) is 4.68 Å². The van der Waals surface area contributed by atoms with E-state index in [-0.39, 0.29) is 6.04 Å². The zero-order chi connectivity index (χ0) is 14.9. The third-order valence-corrected chi connectivity index (χ3v) is 3.57. The van der Waals surface area contributed by atoms with Gasteiger partial charge in [-0.1, -0.05) is 11.6 Å². The normalized spacial score (nSPS) is 18.6. The molecule has 1 aliphatic rings. The monoisotopic (exact) mass is 307 g/mol. The van der Waals surface area contributed by atoms with E-state index in [1.807, 2.05) is 44.3 Å². The van der Waals surface area contributed by atoms with Gasteiger partial charge in [-0.15, -0.1) is 0 Å². The quantitative estimate of drug-likeness (QED) is 0.946. The van der Waals surface area contributed by atoms with Crippen LogP contribution in [0.1, 0.15) is 13.8 Å². The Labute approximate surface area is 128 Å². The molecule has 6 heteroatoms. The summed E-state index contributed by atoms with van der Waals surface area (Å²) >= 11 is 6.11.